The third-order valence-electron chi connectivity index (χ3n) is 2.58. The number of rotatable bonds is 2. The Morgan fingerprint density at radius 1 is 1.42 bits per heavy atom. The summed E-state index contributed by atoms with van der Waals surface area (Å²) in [7, 11) is 0. The summed E-state index contributed by atoms with van der Waals surface area (Å²) in [5, 5.41) is 0. The SMILES string of the molecule is CCN(C(=O)F)C1CCCCC1. The van der Waals surface area contributed by atoms with E-state index in [0.717, 1.165) is 25.7 Å². The fourth-order valence-electron chi connectivity index (χ4n) is 1.92. The Morgan fingerprint density at radius 3 is 2.42 bits per heavy atom. The normalized spacial score (nSPS) is 19.2. The van der Waals surface area contributed by atoms with Crippen molar-refractivity contribution in [3.63, 3.8) is 0 Å². The molecule has 0 aliphatic heterocycles. The van der Waals surface area contributed by atoms with Gasteiger partial charge in [-0.3, -0.25) is 0 Å². The third-order valence-corrected chi connectivity index (χ3v) is 2.58. The van der Waals surface area contributed by atoms with Gasteiger partial charge in [-0.25, -0.2) is 4.79 Å². The van der Waals surface area contributed by atoms with E-state index in [2.05, 4.69) is 0 Å². The van der Waals surface area contributed by atoms with E-state index in [4.69, 9.17) is 0 Å². The van der Waals surface area contributed by atoms with Gasteiger partial charge in [-0.1, -0.05) is 19.3 Å². The molecule has 0 spiro atoms. The molecule has 0 aromatic rings. The molecule has 12 heavy (non-hydrogen) atoms. The Hall–Kier alpha value is -0.600. The molecule has 1 rings (SSSR count). The molecule has 0 heterocycles. The molecule has 0 saturated heterocycles. The summed E-state index contributed by atoms with van der Waals surface area (Å²) >= 11 is 0. The largest absolute Gasteiger partial charge is 0.400 e. The monoisotopic (exact) mass is 173 g/mol. The molecule has 0 N–H and O–H groups in total. The highest BCUT2D eigenvalue weighted by Gasteiger charge is 2.23. The van der Waals surface area contributed by atoms with Gasteiger partial charge in [0, 0.05) is 12.6 Å². The first-order chi connectivity index (χ1) is 5.75. The van der Waals surface area contributed by atoms with Crippen LogP contribution in [0, 0.1) is 0 Å². The average molecular weight is 173 g/mol. The molecule has 0 aromatic heterocycles. The first kappa shape index (κ1) is 9.49. The predicted molar refractivity (Wildman–Crippen MR) is 45.8 cm³/mol. The lowest BCUT2D eigenvalue weighted by Gasteiger charge is -2.30. The van der Waals surface area contributed by atoms with Crippen LogP contribution in [0.1, 0.15) is 39.0 Å². The van der Waals surface area contributed by atoms with Gasteiger partial charge in [0.05, 0.1) is 0 Å². The molecular weight excluding hydrogens is 157 g/mol. The number of amides is 1. The zero-order valence-electron chi connectivity index (χ0n) is 7.55. The second-order valence-electron chi connectivity index (χ2n) is 3.33. The molecule has 70 valence electrons. The Kier molecular flexibility index (Phi) is 3.50. The second kappa shape index (κ2) is 4.43. The van der Waals surface area contributed by atoms with Gasteiger partial charge in [0.2, 0.25) is 0 Å². The highest BCUT2D eigenvalue weighted by atomic mass is 19.1. The van der Waals surface area contributed by atoms with Crippen molar-refractivity contribution in [2.24, 2.45) is 0 Å². The highest BCUT2D eigenvalue weighted by molar-refractivity contribution is 5.66. The Balaban J connectivity index is 2.46. The van der Waals surface area contributed by atoms with Crippen molar-refractivity contribution in [3.8, 4) is 0 Å². The summed E-state index contributed by atoms with van der Waals surface area (Å²) in [5.74, 6) is 0. The molecule has 0 aromatic carbocycles. The smallest absolute Gasteiger partial charge is 0.312 e. The van der Waals surface area contributed by atoms with Gasteiger partial charge in [-0.15, -0.1) is 4.39 Å². The van der Waals surface area contributed by atoms with E-state index >= 15 is 0 Å². The van der Waals surface area contributed by atoms with Gasteiger partial charge in [0.25, 0.3) is 0 Å². The molecule has 1 aliphatic rings. The van der Waals surface area contributed by atoms with Crippen molar-refractivity contribution in [1.29, 1.82) is 0 Å². The maximum Gasteiger partial charge on any atom is 0.400 e. The van der Waals surface area contributed by atoms with Crippen molar-refractivity contribution < 1.29 is 9.18 Å². The van der Waals surface area contributed by atoms with Crippen LogP contribution in [0.2, 0.25) is 0 Å². The lowest BCUT2D eigenvalue weighted by molar-refractivity contribution is 0.139. The minimum atomic E-state index is -1.26. The summed E-state index contributed by atoms with van der Waals surface area (Å²) in [6, 6.07) is 0.168. The predicted octanol–water partition coefficient (Wildman–Crippen LogP) is 2.73. The van der Waals surface area contributed by atoms with E-state index in [1.165, 1.54) is 11.3 Å². The number of carbonyl (C=O) groups is 1. The first-order valence-electron chi connectivity index (χ1n) is 4.71. The van der Waals surface area contributed by atoms with Gasteiger partial charge >= 0.3 is 6.16 Å². The number of carbonyl (C=O) groups excluding carboxylic acids is 1. The fourth-order valence-corrected chi connectivity index (χ4v) is 1.92. The first-order valence-corrected chi connectivity index (χ1v) is 4.71. The topological polar surface area (TPSA) is 20.3 Å². The highest BCUT2D eigenvalue weighted by Crippen LogP contribution is 2.22. The van der Waals surface area contributed by atoms with Gasteiger partial charge in [-0.05, 0) is 19.8 Å². The molecule has 1 amide bonds. The number of hydrogen-bond donors (Lipinski definition) is 0. The standard InChI is InChI=1S/C9H16FNO/c1-2-11(9(10)12)8-6-4-3-5-7-8/h8H,2-7H2,1H3. The van der Waals surface area contributed by atoms with Crippen LogP contribution in [0.15, 0.2) is 0 Å². The van der Waals surface area contributed by atoms with E-state index < -0.39 is 6.16 Å². The van der Waals surface area contributed by atoms with Crippen LogP contribution in [0.4, 0.5) is 9.18 Å². The van der Waals surface area contributed by atoms with Crippen LogP contribution in [0.5, 0.6) is 0 Å². The summed E-state index contributed by atoms with van der Waals surface area (Å²) in [6.07, 6.45) is 4.19. The average Bonchev–Trinajstić information content (AvgIpc) is 2.07. The van der Waals surface area contributed by atoms with Crippen molar-refractivity contribution in [2.45, 2.75) is 45.1 Å². The van der Waals surface area contributed by atoms with E-state index in [-0.39, 0.29) is 6.04 Å². The summed E-state index contributed by atoms with van der Waals surface area (Å²) in [4.78, 5) is 11.9. The molecular formula is C9H16FNO. The fraction of sp³-hybridized carbons (Fsp3) is 0.889. The van der Waals surface area contributed by atoms with Gasteiger partial charge in [0.15, 0.2) is 0 Å². The summed E-state index contributed by atoms with van der Waals surface area (Å²) in [6.45, 7) is 2.33. The maximum absolute atomic E-state index is 12.4. The number of nitrogens with zero attached hydrogens (tertiary/aromatic N) is 1. The van der Waals surface area contributed by atoms with Crippen LogP contribution >= 0.6 is 0 Å². The minimum absolute atomic E-state index is 0.168. The lowest BCUT2D eigenvalue weighted by atomic mass is 9.94. The van der Waals surface area contributed by atoms with Crippen LogP contribution in [0.25, 0.3) is 0 Å². The van der Waals surface area contributed by atoms with Crippen molar-refractivity contribution in [3.05, 3.63) is 0 Å². The van der Waals surface area contributed by atoms with Crippen molar-refractivity contribution >= 4 is 6.16 Å². The van der Waals surface area contributed by atoms with Gasteiger partial charge in [0.1, 0.15) is 0 Å². The molecule has 1 saturated carbocycles. The van der Waals surface area contributed by atoms with Crippen LogP contribution in [-0.2, 0) is 0 Å². The minimum Gasteiger partial charge on any atom is -0.312 e. The molecule has 1 aliphatic carbocycles. The maximum atomic E-state index is 12.4. The Bertz CT molecular complexity index is 155. The third kappa shape index (κ3) is 2.19. The van der Waals surface area contributed by atoms with Crippen LogP contribution in [-0.4, -0.2) is 23.6 Å². The molecule has 0 radical (unpaired) electrons. The Labute approximate surface area is 72.7 Å². The van der Waals surface area contributed by atoms with Crippen molar-refractivity contribution in [1.82, 2.24) is 4.90 Å². The lowest BCUT2D eigenvalue weighted by Crippen LogP contribution is -2.38. The molecule has 2 nitrogen and oxygen atoms in total. The van der Waals surface area contributed by atoms with Crippen LogP contribution in [0.3, 0.4) is 0 Å². The molecule has 0 bridgehead atoms. The van der Waals surface area contributed by atoms with E-state index in [1.807, 2.05) is 6.92 Å². The molecule has 0 unspecified atom stereocenters. The molecule has 1 fully saturated rings. The van der Waals surface area contributed by atoms with Gasteiger partial charge < -0.3 is 4.90 Å². The molecule has 0 atom stereocenters. The zero-order chi connectivity index (χ0) is 8.97. The number of halogens is 1. The quantitative estimate of drug-likeness (QED) is 0.464. The van der Waals surface area contributed by atoms with Crippen LogP contribution < -0.4 is 0 Å². The zero-order valence-corrected chi connectivity index (χ0v) is 7.55. The Morgan fingerprint density at radius 2 is 2.00 bits per heavy atom. The number of hydrogen-bond acceptors (Lipinski definition) is 1. The van der Waals surface area contributed by atoms with Gasteiger partial charge in [-0.2, -0.15) is 0 Å². The van der Waals surface area contributed by atoms with E-state index in [1.54, 1.807) is 0 Å². The van der Waals surface area contributed by atoms with Crippen molar-refractivity contribution in [2.75, 3.05) is 6.54 Å². The van der Waals surface area contributed by atoms with E-state index in [0.29, 0.717) is 6.54 Å². The molecule has 3 heteroatoms. The van der Waals surface area contributed by atoms with E-state index in [9.17, 15) is 9.18 Å². The second-order valence-corrected chi connectivity index (χ2v) is 3.33. The summed E-state index contributed by atoms with van der Waals surface area (Å²) in [5.41, 5.74) is 0. The summed E-state index contributed by atoms with van der Waals surface area (Å²) < 4.78 is 12.4.